The Balaban J connectivity index is 2.39. The maximum absolute atomic E-state index is 12.0. The van der Waals surface area contributed by atoms with Crippen LogP contribution in [0.5, 0.6) is 0 Å². The van der Waals surface area contributed by atoms with Crippen molar-refractivity contribution in [3.63, 3.8) is 0 Å². The van der Waals surface area contributed by atoms with Gasteiger partial charge in [-0.3, -0.25) is 4.79 Å². The van der Waals surface area contributed by atoms with Crippen molar-refractivity contribution in [1.82, 2.24) is 5.32 Å². The molecule has 1 N–H and O–H groups in total. The zero-order chi connectivity index (χ0) is 16.5. The molecule has 0 spiro atoms. The van der Waals surface area contributed by atoms with Crippen molar-refractivity contribution in [2.75, 3.05) is 7.11 Å². The maximum Gasteiger partial charge on any atom is 0.340 e. The Bertz CT molecular complexity index is 673. The van der Waals surface area contributed by atoms with E-state index in [1.807, 2.05) is 24.3 Å². The molecule has 1 heterocycles. The van der Waals surface area contributed by atoms with Gasteiger partial charge in [-0.2, -0.15) is 0 Å². The number of hydrogen-bond donors (Lipinski definition) is 1. The van der Waals surface area contributed by atoms with Gasteiger partial charge in [0.2, 0.25) is 0 Å². The zero-order valence-electron chi connectivity index (χ0n) is 13.6. The predicted octanol–water partition coefficient (Wildman–Crippen LogP) is 2.94. The van der Waals surface area contributed by atoms with Crippen molar-refractivity contribution in [3.05, 3.63) is 52.2 Å². The number of carbonyl (C=O) groups is 2. The SMILES string of the molecule is COC(=O)C1=C(C)NC(=O)/C1=C\c1ccc(C(C)(C)C)cc1. The summed E-state index contributed by atoms with van der Waals surface area (Å²) < 4.78 is 4.75. The Morgan fingerprint density at radius 2 is 1.77 bits per heavy atom. The molecule has 4 heteroatoms. The lowest BCUT2D eigenvalue weighted by atomic mass is 9.86. The number of nitrogens with one attached hydrogen (secondary N) is 1. The second-order valence-corrected chi connectivity index (χ2v) is 6.38. The van der Waals surface area contributed by atoms with Crippen LogP contribution in [0.15, 0.2) is 41.1 Å². The Labute approximate surface area is 130 Å². The van der Waals surface area contributed by atoms with Crippen molar-refractivity contribution in [2.24, 2.45) is 0 Å². The Morgan fingerprint density at radius 3 is 2.27 bits per heavy atom. The number of ether oxygens (including phenoxy) is 1. The quantitative estimate of drug-likeness (QED) is 0.675. The molecule has 0 saturated carbocycles. The van der Waals surface area contributed by atoms with Crippen LogP contribution in [0, 0.1) is 0 Å². The van der Waals surface area contributed by atoms with Gasteiger partial charge >= 0.3 is 5.97 Å². The molecular formula is C18H21NO3. The van der Waals surface area contributed by atoms with Crippen molar-refractivity contribution in [1.29, 1.82) is 0 Å². The third-order valence-electron chi connectivity index (χ3n) is 3.67. The second-order valence-electron chi connectivity index (χ2n) is 6.38. The van der Waals surface area contributed by atoms with Crippen LogP contribution in [0.4, 0.5) is 0 Å². The van der Waals surface area contributed by atoms with Gasteiger partial charge < -0.3 is 10.1 Å². The van der Waals surface area contributed by atoms with Crippen molar-refractivity contribution < 1.29 is 14.3 Å². The van der Waals surface area contributed by atoms with Crippen LogP contribution in [-0.4, -0.2) is 19.0 Å². The summed E-state index contributed by atoms with van der Waals surface area (Å²) in [7, 11) is 1.31. The second kappa shape index (κ2) is 5.79. The van der Waals surface area contributed by atoms with Crippen LogP contribution in [-0.2, 0) is 19.7 Å². The molecule has 0 aromatic heterocycles. The molecule has 2 rings (SSSR count). The lowest BCUT2D eigenvalue weighted by Crippen LogP contribution is -2.15. The van der Waals surface area contributed by atoms with Gasteiger partial charge in [-0.15, -0.1) is 0 Å². The normalized spacial score (nSPS) is 17.0. The molecule has 1 amide bonds. The Hall–Kier alpha value is -2.36. The minimum absolute atomic E-state index is 0.0735. The van der Waals surface area contributed by atoms with Crippen molar-refractivity contribution in [2.45, 2.75) is 33.1 Å². The first-order chi connectivity index (χ1) is 10.2. The topological polar surface area (TPSA) is 55.4 Å². The summed E-state index contributed by atoms with van der Waals surface area (Å²) in [5.41, 5.74) is 3.32. The first kappa shape index (κ1) is 16.0. The molecule has 0 fully saturated rings. The summed E-state index contributed by atoms with van der Waals surface area (Å²) in [5.74, 6) is -0.786. The fourth-order valence-electron chi connectivity index (χ4n) is 2.36. The summed E-state index contributed by atoms with van der Waals surface area (Å²) >= 11 is 0. The fraction of sp³-hybridized carbons (Fsp3) is 0.333. The van der Waals surface area contributed by atoms with Gasteiger partial charge in [0, 0.05) is 5.70 Å². The molecule has 0 bridgehead atoms. The van der Waals surface area contributed by atoms with E-state index in [-0.39, 0.29) is 11.3 Å². The van der Waals surface area contributed by atoms with E-state index < -0.39 is 5.97 Å². The maximum atomic E-state index is 12.0. The molecule has 0 aliphatic carbocycles. The first-order valence-corrected chi connectivity index (χ1v) is 7.17. The van der Waals surface area contributed by atoms with E-state index in [1.165, 1.54) is 12.7 Å². The average molecular weight is 299 g/mol. The van der Waals surface area contributed by atoms with Gasteiger partial charge in [-0.25, -0.2) is 4.79 Å². The highest BCUT2D eigenvalue weighted by Gasteiger charge is 2.30. The predicted molar refractivity (Wildman–Crippen MR) is 86.0 cm³/mol. The van der Waals surface area contributed by atoms with Gasteiger partial charge in [-0.05, 0) is 29.5 Å². The molecule has 0 unspecified atom stereocenters. The minimum atomic E-state index is -0.506. The number of hydrogen-bond acceptors (Lipinski definition) is 3. The molecule has 0 radical (unpaired) electrons. The van der Waals surface area contributed by atoms with Crippen LogP contribution in [0.2, 0.25) is 0 Å². The number of benzene rings is 1. The summed E-state index contributed by atoms with van der Waals surface area (Å²) in [5, 5.41) is 2.66. The summed E-state index contributed by atoms with van der Waals surface area (Å²) in [6.45, 7) is 8.12. The minimum Gasteiger partial charge on any atom is -0.465 e. The van der Waals surface area contributed by atoms with E-state index in [4.69, 9.17) is 4.74 Å². The van der Waals surface area contributed by atoms with E-state index >= 15 is 0 Å². The highest BCUT2D eigenvalue weighted by Crippen LogP contribution is 2.26. The summed E-state index contributed by atoms with van der Waals surface area (Å²) in [6, 6.07) is 7.97. The molecule has 4 nitrogen and oxygen atoms in total. The van der Waals surface area contributed by atoms with Gasteiger partial charge in [0.25, 0.3) is 5.91 Å². The van der Waals surface area contributed by atoms with E-state index in [0.717, 1.165) is 5.56 Å². The van der Waals surface area contributed by atoms with E-state index in [9.17, 15) is 9.59 Å². The molecule has 22 heavy (non-hydrogen) atoms. The largest absolute Gasteiger partial charge is 0.465 e. The number of methoxy groups -OCH3 is 1. The molecule has 1 aliphatic heterocycles. The van der Waals surface area contributed by atoms with Crippen LogP contribution in [0.1, 0.15) is 38.8 Å². The van der Waals surface area contributed by atoms with Crippen LogP contribution in [0.3, 0.4) is 0 Å². The number of amides is 1. The molecule has 1 aromatic rings. The number of allylic oxidation sites excluding steroid dienone is 1. The van der Waals surface area contributed by atoms with Crippen molar-refractivity contribution in [3.8, 4) is 0 Å². The molecule has 116 valence electrons. The van der Waals surface area contributed by atoms with Gasteiger partial charge in [0.05, 0.1) is 18.3 Å². The first-order valence-electron chi connectivity index (χ1n) is 7.17. The monoisotopic (exact) mass is 299 g/mol. The molecule has 0 atom stereocenters. The number of rotatable bonds is 2. The van der Waals surface area contributed by atoms with E-state index in [2.05, 4.69) is 26.1 Å². The summed E-state index contributed by atoms with van der Waals surface area (Å²) in [6.07, 6.45) is 1.71. The lowest BCUT2D eigenvalue weighted by Gasteiger charge is -2.18. The third-order valence-corrected chi connectivity index (χ3v) is 3.67. The Kier molecular flexibility index (Phi) is 4.22. The van der Waals surface area contributed by atoms with Gasteiger partial charge in [0.15, 0.2) is 0 Å². The average Bonchev–Trinajstić information content (AvgIpc) is 2.72. The van der Waals surface area contributed by atoms with Crippen molar-refractivity contribution >= 4 is 18.0 Å². The fourth-order valence-corrected chi connectivity index (χ4v) is 2.36. The van der Waals surface area contributed by atoms with E-state index in [0.29, 0.717) is 16.8 Å². The highest BCUT2D eigenvalue weighted by atomic mass is 16.5. The van der Waals surface area contributed by atoms with Crippen LogP contribution < -0.4 is 5.32 Å². The molecular weight excluding hydrogens is 278 g/mol. The molecule has 1 aromatic carbocycles. The lowest BCUT2D eigenvalue weighted by molar-refractivity contribution is -0.136. The van der Waals surface area contributed by atoms with Gasteiger partial charge in [-0.1, -0.05) is 45.0 Å². The number of carbonyl (C=O) groups excluding carboxylic acids is 2. The van der Waals surface area contributed by atoms with Crippen LogP contribution >= 0.6 is 0 Å². The van der Waals surface area contributed by atoms with Gasteiger partial charge in [0.1, 0.15) is 0 Å². The van der Waals surface area contributed by atoms with E-state index in [1.54, 1.807) is 13.0 Å². The highest BCUT2D eigenvalue weighted by molar-refractivity contribution is 6.16. The zero-order valence-corrected chi connectivity index (χ0v) is 13.6. The van der Waals surface area contributed by atoms with Crippen LogP contribution in [0.25, 0.3) is 6.08 Å². The molecule has 0 saturated heterocycles. The Morgan fingerprint density at radius 1 is 1.18 bits per heavy atom. The number of esters is 1. The smallest absolute Gasteiger partial charge is 0.340 e. The summed E-state index contributed by atoms with van der Waals surface area (Å²) in [4.78, 5) is 23.9. The molecule has 1 aliphatic rings. The standard InChI is InChI=1S/C18H21NO3/c1-11-15(17(21)22-5)14(16(20)19-11)10-12-6-8-13(9-7-12)18(2,3)4/h6-10H,1-5H3,(H,19,20)/b14-10-. The third kappa shape index (κ3) is 3.11.